The first kappa shape index (κ1) is 20.4. The number of nitrogens with zero attached hydrogens (tertiary/aromatic N) is 4. The van der Waals surface area contributed by atoms with E-state index in [-0.39, 0.29) is 17.2 Å². The van der Waals surface area contributed by atoms with Crippen LogP contribution in [0.5, 0.6) is 0 Å². The second-order valence-corrected chi connectivity index (χ2v) is 5.30. The Bertz CT molecular complexity index is 876. The highest BCUT2D eigenvalue weighted by atomic mass is 16.6. The number of benzene rings is 1. The summed E-state index contributed by atoms with van der Waals surface area (Å²) in [4.78, 5) is 40.8. The molecule has 0 radical (unpaired) electrons. The summed E-state index contributed by atoms with van der Waals surface area (Å²) in [5, 5.41) is 25.2. The number of hydrogen-bond acceptors (Lipinski definition) is 10. The highest BCUT2D eigenvalue weighted by molar-refractivity contribution is 5.98. The molecule has 0 saturated heterocycles. The summed E-state index contributed by atoms with van der Waals surface area (Å²) < 4.78 is 4.90. The largest absolute Gasteiger partial charge is 0.385 e. The lowest BCUT2D eigenvalue weighted by molar-refractivity contribution is -0.385. The van der Waals surface area contributed by atoms with Crippen molar-refractivity contribution in [3.8, 4) is 0 Å². The van der Waals surface area contributed by atoms with E-state index in [2.05, 4.69) is 26.1 Å². The molecule has 0 bridgehead atoms. The molecule has 0 aliphatic rings. The van der Waals surface area contributed by atoms with Gasteiger partial charge in [-0.3, -0.25) is 35.9 Å². The number of aromatic nitrogens is 2. The molecule has 13 nitrogen and oxygen atoms in total. The monoisotopic (exact) mass is 391 g/mol. The Morgan fingerprint density at radius 2 is 1.86 bits per heavy atom. The standard InChI is InChI=1S/C15H17N7O6/c1-28-8-4-7-16-13-12(22(26)27)14(18-9-17-13)19-20-15(23)10-5-2-3-6-11(10)21(24)25/h2-3,5-6,9H,4,7-8H2,1H3,(H,20,23)(H2,16,17,18,19). The van der Waals surface area contributed by atoms with E-state index in [0.717, 1.165) is 6.33 Å². The van der Waals surface area contributed by atoms with Crippen molar-refractivity contribution in [3.63, 3.8) is 0 Å². The summed E-state index contributed by atoms with van der Waals surface area (Å²) in [5.74, 6) is -1.17. The van der Waals surface area contributed by atoms with Gasteiger partial charge < -0.3 is 10.1 Å². The lowest BCUT2D eigenvalue weighted by Crippen LogP contribution is -2.31. The first-order valence-electron chi connectivity index (χ1n) is 7.97. The average molecular weight is 391 g/mol. The molecule has 1 aromatic carbocycles. The second kappa shape index (κ2) is 9.72. The minimum Gasteiger partial charge on any atom is -0.385 e. The van der Waals surface area contributed by atoms with Crippen LogP contribution in [0.2, 0.25) is 0 Å². The van der Waals surface area contributed by atoms with E-state index in [4.69, 9.17) is 4.74 Å². The number of ether oxygens (including phenoxy) is 1. The fourth-order valence-electron chi connectivity index (χ4n) is 2.20. The van der Waals surface area contributed by atoms with Crippen molar-refractivity contribution in [2.24, 2.45) is 0 Å². The van der Waals surface area contributed by atoms with E-state index in [9.17, 15) is 25.0 Å². The third-order valence-corrected chi connectivity index (χ3v) is 3.46. The highest BCUT2D eigenvalue weighted by Crippen LogP contribution is 2.28. The van der Waals surface area contributed by atoms with Gasteiger partial charge in [0, 0.05) is 26.3 Å². The topological polar surface area (TPSA) is 174 Å². The minimum atomic E-state index is -0.852. The Morgan fingerprint density at radius 3 is 2.54 bits per heavy atom. The van der Waals surface area contributed by atoms with Gasteiger partial charge >= 0.3 is 5.69 Å². The van der Waals surface area contributed by atoms with E-state index >= 15 is 0 Å². The number of anilines is 2. The van der Waals surface area contributed by atoms with Crippen LogP contribution >= 0.6 is 0 Å². The summed E-state index contributed by atoms with van der Waals surface area (Å²) in [6.07, 6.45) is 1.67. The van der Waals surface area contributed by atoms with Gasteiger partial charge in [-0.1, -0.05) is 12.1 Å². The summed E-state index contributed by atoms with van der Waals surface area (Å²) in [6.45, 7) is 0.830. The van der Waals surface area contributed by atoms with Crippen molar-refractivity contribution in [2.45, 2.75) is 6.42 Å². The van der Waals surface area contributed by atoms with Gasteiger partial charge in [0.2, 0.25) is 11.6 Å². The molecule has 28 heavy (non-hydrogen) atoms. The van der Waals surface area contributed by atoms with Gasteiger partial charge in [-0.25, -0.2) is 9.97 Å². The van der Waals surface area contributed by atoms with Crippen LogP contribution in [0.15, 0.2) is 30.6 Å². The van der Waals surface area contributed by atoms with Crippen LogP contribution in [-0.4, -0.2) is 46.0 Å². The zero-order valence-electron chi connectivity index (χ0n) is 14.7. The molecule has 0 atom stereocenters. The van der Waals surface area contributed by atoms with Crippen LogP contribution in [0.3, 0.4) is 0 Å². The molecule has 13 heteroatoms. The lowest BCUT2D eigenvalue weighted by Gasteiger charge is -2.11. The third kappa shape index (κ3) is 5.07. The van der Waals surface area contributed by atoms with Crippen molar-refractivity contribution < 1.29 is 19.4 Å². The summed E-state index contributed by atoms with van der Waals surface area (Å²) in [6, 6.07) is 5.30. The van der Waals surface area contributed by atoms with Crippen molar-refractivity contribution in [3.05, 3.63) is 56.4 Å². The second-order valence-electron chi connectivity index (χ2n) is 5.30. The quantitative estimate of drug-likeness (QED) is 0.306. The molecular formula is C15H17N7O6. The number of nitro benzene ring substituents is 1. The number of rotatable bonds is 10. The Balaban J connectivity index is 2.16. The minimum absolute atomic E-state index is 0.0430. The summed E-state index contributed by atoms with van der Waals surface area (Å²) in [5.41, 5.74) is 3.39. The smallest absolute Gasteiger partial charge is 0.354 e. The molecule has 0 aliphatic carbocycles. The van der Waals surface area contributed by atoms with Gasteiger partial charge in [-0.05, 0) is 12.5 Å². The number of nitro groups is 2. The van der Waals surface area contributed by atoms with Crippen LogP contribution in [0.1, 0.15) is 16.8 Å². The van der Waals surface area contributed by atoms with Crippen LogP contribution in [0.25, 0.3) is 0 Å². The fourth-order valence-corrected chi connectivity index (χ4v) is 2.20. The normalized spacial score (nSPS) is 10.2. The lowest BCUT2D eigenvalue weighted by atomic mass is 10.2. The predicted molar refractivity (Wildman–Crippen MR) is 97.9 cm³/mol. The van der Waals surface area contributed by atoms with E-state index in [1.165, 1.54) is 31.4 Å². The van der Waals surface area contributed by atoms with Crippen molar-refractivity contribution >= 4 is 28.9 Å². The third-order valence-electron chi connectivity index (χ3n) is 3.46. The van der Waals surface area contributed by atoms with E-state index < -0.39 is 27.1 Å². The molecular weight excluding hydrogens is 374 g/mol. The van der Waals surface area contributed by atoms with E-state index in [1.807, 2.05) is 0 Å². The van der Waals surface area contributed by atoms with Crippen molar-refractivity contribution in [1.29, 1.82) is 0 Å². The Hall–Kier alpha value is -3.87. The highest BCUT2D eigenvalue weighted by Gasteiger charge is 2.24. The summed E-state index contributed by atoms with van der Waals surface area (Å²) >= 11 is 0. The first-order chi connectivity index (χ1) is 13.5. The van der Waals surface area contributed by atoms with Gasteiger partial charge in [0.1, 0.15) is 11.9 Å². The molecule has 1 aromatic heterocycles. The molecule has 2 rings (SSSR count). The number of carbonyl (C=O) groups is 1. The van der Waals surface area contributed by atoms with Gasteiger partial charge in [0.25, 0.3) is 11.6 Å². The number of nitrogens with one attached hydrogen (secondary N) is 3. The molecule has 0 saturated carbocycles. The zero-order valence-corrected chi connectivity index (χ0v) is 14.7. The summed E-state index contributed by atoms with van der Waals surface area (Å²) in [7, 11) is 1.54. The van der Waals surface area contributed by atoms with Gasteiger partial charge in [0.15, 0.2) is 0 Å². The number of methoxy groups -OCH3 is 1. The van der Waals surface area contributed by atoms with Crippen LogP contribution in [0.4, 0.5) is 23.0 Å². The van der Waals surface area contributed by atoms with Crippen molar-refractivity contribution in [2.75, 3.05) is 31.0 Å². The molecule has 1 heterocycles. The molecule has 148 valence electrons. The molecule has 1 amide bonds. The number of hydrogen-bond donors (Lipinski definition) is 3. The maximum Gasteiger partial charge on any atom is 0.354 e. The number of amides is 1. The van der Waals surface area contributed by atoms with Gasteiger partial charge in [-0.15, -0.1) is 0 Å². The van der Waals surface area contributed by atoms with Crippen LogP contribution in [0, 0.1) is 20.2 Å². The zero-order chi connectivity index (χ0) is 20.5. The SMILES string of the molecule is COCCCNc1ncnc(NNC(=O)c2ccccc2[N+](=O)[O-])c1[N+](=O)[O-]. The van der Waals surface area contributed by atoms with Crippen LogP contribution < -0.4 is 16.2 Å². The Kier molecular flexibility index (Phi) is 7.10. The Morgan fingerprint density at radius 1 is 1.14 bits per heavy atom. The Labute approximate surface area is 158 Å². The predicted octanol–water partition coefficient (Wildman–Crippen LogP) is 1.50. The maximum absolute atomic E-state index is 12.2. The fraction of sp³-hybridized carbons (Fsp3) is 0.267. The van der Waals surface area contributed by atoms with E-state index in [1.54, 1.807) is 0 Å². The van der Waals surface area contributed by atoms with Gasteiger partial charge in [0.05, 0.1) is 9.85 Å². The average Bonchev–Trinajstić information content (AvgIpc) is 2.69. The molecule has 0 unspecified atom stereocenters. The van der Waals surface area contributed by atoms with Gasteiger partial charge in [-0.2, -0.15) is 0 Å². The molecule has 0 fully saturated rings. The number of carbonyl (C=O) groups excluding carboxylic acids is 1. The molecule has 0 aliphatic heterocycles. The van der Waals surface area contributed by atoms with Crippen LogP contribution in [-0.2, 0) is 4.74 Å². The molecule has 3 N–H and O–H groups in total. The molecule has 2 aromatic rings. The first-order valence-corrected chi connectivity index (χ1v) is 7.97. The number of para-hydroxylation sites is 1. The number of hydrazine groups is 1. The van der Waals surface area contributed by atoms with E-state index in [0.29, 0.717) is 19.6 Å². The van der Waals surface area contributed by atoms with Crippen molar-refractivity contribution in [1.82, 2.24) is 15.4 Å². The molecule has 0 spiro atoms. The maximum atomic E-state index is 12.2.